The fourth-order valence-corrected chi connectivity index (χ4v) is 4.32. The van der Waals surface area contributed by atoms with Gasteiger partial charge in [-0.2, -0.15) is 0 Å². The van der Waals surface area contributed by atoms with Crippen LogP contribution in [0.2, 0.25) is 0 Å². The van der Waals surface area contributed by atoms with Crippen LogP contribution in [0, 0.1) is 13.8 Å². The van der Waals surface area contributed by atoms with Gasteiger partial charge in [-0.1, -0.05) is 48.0 Å². The summed E-state index contributed by atoms with van der Waals surface area (Å²) >= 11 is 0. The third kappa shape index (κ3) is 3.63. The number of fused-ring (bicyclic) bond motifs is 1. The summed E-state index contributed by atoms with van der Waals surface area (Å²) in [5.41, 5.74) is 8.61. The number of imidazole rings is 1. The molecule has 5 rings (SSSR count). The predicted octanol–water partition coefficient (Wildman–Crippen LogP) is 5.90. The van der Waals surface area contributed by atoms with E-state index in [-0.39, 0.29) is 5.91 Å². The maximum Gasteiger partial charge on any atom is 0.251 e. The van der Waals surface area contributed by atoms with Crippen LogP contribution in [0.5, 0.6) is 0 Å². The molecule has 0 radical (unpaired) electrons. The Hall–Kier alpha value is -3.40. The minimum Gasteiger partial charge on any atom is -0.349 e. The molecule has 0 atom stereocenters. The van der Waals surface area contributed by atoms with E-state index in [1.165, 1.54) is 22.3 Å². The average molecular weight is 410 g/mol. The summed E-state index contributed by atoms with van der Waals surface area (Å²) < 4.78 is 2.24. The van der Waals surface area contributed by atoms with Crippen LogP contribution < -0.4 is 5.32 Å². The number of carbonyl (C=O) groups is 1. The Kier molecular flexibility index (Phi) is 4.85. The minimum atomic E-state index is -0.00678. The van der Waals surface area contributed by atoms with Crippen molar-refractivity contribution < 1.29 is 4.79 Å². The van der Waals surface area contributed by atoms with Crippen molar-refractivity contribution in [3.05, 3.63) is 77.4 Å². The monoisotopic (exact) mass is 409 g/mol. The molecule has 1 aromatic heterocycles. The van der Waals surface area contributed by atoms with Gasteiger partial charge < -0.3 is 9.88 Å². The molecule has 0 spiro atoms. The van der Waals surface area contributed by atoms with E-state index in [1.807, 2.05) is 18.2 Å². The molecule has 31 heavy (non-hydrogen) atoms. The Labute approximate surface area is 182 Å². The maximum absolute atomic E-state index is 12.5. The molecule has 0 saturated heterocycles. The molecule has 4 aromatic rings. The van der Waals surface area contributed by atoms with E-state index in [9.17, 15) is 4.79 Å². The summed E-state index contributed by atoms with van der Waals surface area (Å²) in [6.07, 6.45) is 2.16. The van der Waals surface area contributed by atoms with E-state index < -0.39 is 0 Å². The van der Waals surface area contributed by atoms with E-state index >= 15 is 0 Å². The molecule has 4 heteroatoms. The molecule has 4 nitrogen and oxygen atoms in total. The highest BCUT2D eigenvalue weighted by molar-refractivity contribution is 5.98. The number of aryl methyl sites for hydroxylation is 3. The highest BCUT2D eigenvalue weighted by Gasteiger charge is 2.24. The summed E-state index contributed by atoms with van der Waals surface area (Å²) in [5, 5.41) is 3.07. The van der Waals surface area contributed by atoms with Gasteiger partial charge in [0.05, 0.1) is 11.0 Å². The first kappa shape index (κ1) is 19.6. The molecular weight excluding hydrogens is 382 g/mol. The SMILES string of the molecule is CCn1c(-c2ccccc2-c2ccc(C)cc2C)nc2cc(C(=O)NC3CC3)ccc21. The van der Waals surface area contributed by atoms with E-state index in [1.54, 1.807) is 0 Å². The van der Waals surface area contributed by atoms with Crippen molar-refractivity contribution in [2.45, 2.75) is 46.2 Å². The summed E-state index contributed by atoms with van der Waals surface area (Å²) in [7, 11) is 0. The fourth-order valence-electron chi connectivity index (χ4n) is 4.32. The molecule has 1 aliphatic carbocycles. The lowest BCUT2D eigenvalue weighted by Gasteiger charge is -2.14. The number of rotatable bonds is 5. The van der Waals surface area contributed by atoms with Crippen LogP contribution in [0.1, 0.15) is 41.3 Å². The fraction of sp³-hybridized carbons (Fsp3) is 0.259. The summed E-state index contributed by atoms with van der Waals surface area (Å²) in [6.45, 7) is 7.22. The molecule has 0 unspecified atom stereocenters. The number of hydrogen-bond acceptors (Lipinski definition) is 2. The van der Waals surface area contributed by atoms with Crippen molar-refractivity contribution in [1.29, 1.82) is 0 Å². The van der Waals surface area contributed by atoms with Crippen molar-refractivity contribution in [3.8, 4) is 22.5 Å². The lowest BCUT2D eigenvalue weighted by atomic mass is 9.94. The molecular formula is C27H27N3O. The Morgan fingerprint density at radius 1 is 1.00 bits per heavy atom. The van der Waals surface area contributed by atoms with Crippen LogP contribution in [0.4, 0.5) is 0 Å². The van der Waals surface area contributed by atoms with Gasteiger partial charge in [0.15, 0.2) is 0 Å². The third-order valence-corrected chi connectivity index (χ3v) is 6.08. The van der Waals surface area contributed by atoms with Crippen LogP contribution in [-0.4, -0.2) is 21.5 Å². The first-order chi connectivity index (χ1) is 15.0. The van der Waals surface area contributed by atoms with E-state index in [2.05, 4.69) is 73.1 Å². The number of aromatic nitrogens is 2. The van der Waals surface area contributed by atoms with Crippen LogP contribution in [0.15, 0.2) is 60.7 Å². The van der Waals surface area contributed by atoms with Crippen molar-refractivity contribution in [1.82, 2.24) is 14.9 Å². The van der Waals surface area contributed by atoms with Gasteiger partial charge in [-0.25, -0.2) is 4.98 Å². The number of benzene rings is 3. The van der Waals surface area contributed by atoms with Crippen LogP contribution in [-0.2, 0) is 6.54 Å². The number of amides is 1. The second-order valence-corrected chi connectivity index (χ2v) is 8.49. The highest BCUT2D eigenvalue weighted by Crippen LogP contribution is 2.35. The summed E-state index contributed by atoms with van der Waals surface area (Å²) in [4.78, 5) is 17.5. The molecule has 156 valence electrons. The summed E-state index contributed by atoms with van der Waals surface area (Å²) in [6, 6.07) is 21.2. The quantitative estimate of drug-likeness (QED) is 0.446. The number of hydrogen-bond donors (Lipinski definition) is 1. The van der Waals surface area contributed by atoms with Crippen LogP contribution in [0.3, 0.4) is 0 Å². The average Bonchev–Trinajstić information content (AvgIpc) is 3.50. The zero-order valence-electron chi connectivity index (χ0n) is 18.3. The smallest absolute Gasteiger partial charge is 0.251 e. The Morgan fingerprint density at radius 2 is 1.77 bits per heavy atom. The van der Waals surface area contributed by atoms with Crippen LogP contribution >= 0.6 is 0 Å². The Balaban J connectivity index is 1.64. The molecule has 1 N–H and O–H groups in total. The molecule has 1 fully saturated rings. The van der Waals surface area contributed by atoms with E-state index in [0.29, 0.717) is 11.6 Å². The van der Waals surface area contributed by atoms with Gasteiger partial charge in [0.2, 0.25) is 0 Å². The largest absolute Gasteiger partial charge is 0.349 e. The molecule has 1 amide bonds. The van der Waals surface area contributed by atoms with Gasteiger partial charge in [0.1, 0.15) is 5.82 Å². The lowest BCUT2D eigenvalue weighted by molar-refractivity contribution is 0.0951. The van der Waals surface area contributed by atoms with Crippen molar-refractivity contribution in [3.63, 3.8) is 0 Å². The van der Waals surface area contributed by atoms with Crippen molar-refractivity contribution in [2.24, 2.45) is 0 Å². The zero-order valence-corrected chi connectivity index (χ0v) is 18.3. The zero-order chi connectivity index (χ0) is 21.5. The molecule has 0 bridgehead atoms. The number of nitrogens with one attached hydrogen (secondary N) is 1. The standard InChI is InChI=1S/C27H27N3O/c1-4-30-25-14-10-19(27(31)28-20-11-12-20)16-24(25)29-26(30)23-8-6-5-7-22(23)21-13-9-17(2)15-18(21)3/h5-10,13-16,20H,4,11-12H2,1-3H3,(H,28,31). The van der Waals surface area contributed by atoms with Gasteiger partial charge >= 0.3 is 0 Å². The Bertz CT molecular complexity index is 1300. The molecule has 0 aliphatic heterocycles. The first-order valence-corrected chi connectivity index (χ1v) is 11.0. The molecule has 1 aliphatic rings. The molecule has 3 aromatic carbocycles. The highest BCUT2D eigenvalue weighted by atomic mass is 16.1. The van der Waals surface area contributed by atoms with Crippen molar-refractivity contribution >= 4 is 16.9 Å². The summed E-state index contributed by atoms with van der Waals surface area (Å²) in [5.74, 6) is 0.931. The maximum atomic E-state index is 12.5. The van der Waals surface area contributed by atoms with E-state index in [4.69, 9.17) is 4.98 Å². The van der Waals surface area contributed by atoms with Gasteiger partial charge in [-0.15, -0.1) is 0 Å². The number of carbonyl (C=O) groups excluding carboxylic acids is 1. The Morgan fingerprint density at radius 3 is 2.48 bits per heavy atom. The second kappa shape index (κ2) is 7.69. The normalized spacial score (nSPS) is 13.5. The van der Waals surface area contributed by atoms with Crippen LogP contribution in [0.25, 0.3) is 33.5 Å². The predicted molar refractivity (Wildman–Crippen MR) is 126 cm³/mol. The number of nitrogens with zero attached hydrogens (tertiary/aromatic N) is 2. The third-order valence-electron chi connectivity index (χ3n) is 6.08. The molecule has 1 heterocycles. The van der Waals surface area contributed by atoms with E-state index in [0.717, 1.165) is 41.8 Å². The van der Waals surface area contributed by atoms with Crippen molar-refractivity contribution in [2.75, 3.05) is 0 Å². The van der Waals surface area contributed by atoms with Gasteiger partial charge in [0, 0.05) is 23.7 Å². The second-order valence-electron chi connectivity index (χ2n) is 8.49. The first-order valence-electron chi connectivity index (χ1n) is 11.0. The van der Waals surface area contributed by atoms with Gasteiger partial charge in [0.25, 0.3) is 5.91 Å². The topological polar surface area (TPSA) is 46.9 Å². The lowest BCUT2D eigenvalue weighted by Crippen LogP contribution is -2.25. The van der Waals surface area contributed by atoms with Gasteiger partial charge in [-0.05, 0) is 68.5 Å². The minimum absolute atomic E-state index is 0.00678. The van der Waals surface area contributed by atoms with Gasteiger partial charge in [-0.3, -0.25) is 4.79 Å². The molecule has 1 saturated carbocycles.